The number of benzene rings is 1. The summed E-state index contributed by atoms with van der Waals surface area (Å²) in [6.07, 6.45) is 2.40. The Bertz CT molecular complexity index is 727. The molecule has 7 heteroatoms. The lowest BCUT2D eigenvalue weighted by atomic mass is 10.2. The Morgan fingerprint density at radius 1 is 1.50 bits per heavy atom. The highest BCUT2D eigenvalue weighted by molar-refractivity contribution is 5.82. The number of nitrogens with zero attached hydrogens (tertiary/aromatic N) is 2. The molecule has 0 spiro atoms. The monoisotopic (exact) mass is 334 g/mol. The molecule has 0 aliphatic heterocycles. The van der Waals surface area contributed by atoms with Crippen molar-refractivity contribution in [3.05, 3.63) is 29.7 Å². The second-order valence-electron chi connectivity index (χ2n) is 6.17. The first-order valence-corrected chi connectivity index (χ1v) is 8.45. The first kappa shape index (κ1) is 16.9. The fourth-order valence-electron chi connectivity index (χ4n) is 2.68. The molecule has 1 aromatic heterocycles. The van der Waals surface area contributed by atoms with E-state index in [4.69, 9.17) is 0 Å². The number of carbonyl (C=O) groups excluding carboxylic acids is 1. The van der Waals surface area contributed by atoms with Crippen molar-refractivity contribution < 1.29 is 14.3 Å². The van der Waals surface area contributed by atoms with Crippen LogP contribution in [0.2, 0.25) is 0 Å². The number of rotatable bonds is 8. The zero-order chi connectivity index (χ0) is 17.1. The Hall–Kier alpha value is -1.99. The van der Waals surface area contributed by atoms with Gasteiger partial charge in [0.25, 0.3) is 0 Å². The third kappa shape index (κ3) is 3.91. The van der Waals surface area contributed by atoms with Crippen molar-refractivity contribution in [2.75, 3.05) is 6.54 Å². The van der Waals surface area contributed by atoms with Crippen LogP contribution in [0, 0.1) is 5.82 Å². The van der Waals surface area contributed by atoms with Crippen molar-refractivity contribution in [2.24, 2.45) is 0 Å². The van der Waals surface area contributed by atoms with Crippen LogP contribution in [-0.4, -0.2) is 33.4 Å². The Kier molecular flexibility index (Phi) is 5.11. The first-order chi connectivity index (χ1) is 11.6. The second-order valence-corrected chi connectivity index (χ2v) is 6.17. The van der Waals surface area contributed by atoms with Gasteiger partial charge in [-0.3, -0.25) is 14.8 Å². The minimum atomic E-state index is -0.855. The second kappa shape index (κ2) is 7.27. The fourth-order valence-corrected chi connectivity index (χ4v) is 2.68. The maximum atomic E-state index is 13.6. The van der Waals surface area contributed by atoms with Crippen LogP contribution >= 0.6 is 0 Å². The molecule has 1 amide bonds. The van der Waals surface area contributed by atoms with Crippen molar-refractivity contribution in [3.8, 4) is 0 Å². The number of hydrogen-bond donors (Lipinski definition) is 3. The van der Waals surface area contributed by atoms with E-state index in [1.807, 2.05) is 0 Å². The molecule has 1 aliphatic carbocycles. The molecule has 1 heterocycles. The molecule has 1 atom stereocenters. The molecule has 1 unspecified atom stereocenters. The van der Waals surface area contributed by atoms with E-state index >= 15 is 0 Å². The van der Waals surface area contributed by atoms with Gasteiger partial charge in [-0.15, -0.1) is 0 Å². The summed E-state index contributed by atoms with van der Waals surface area (Å²) in [6, 6.07) is 4.80. The molecule has 3 N–H and O–H groups in total. The lowest BCUT2D eigenvalue weighted by Gasteiger charge is -2.09. The van der Waals surface area contributed by atoms with Crippen LogP contribution in [0.4, 0.5) is 4.39 Å². The molecule has 24 heavy (non-hydrogen) atoms. The molecular formula is C17H23FN4O2. The van der Waals surface area contributed by atoms with Crippen LogP contribution in [0.3, 0.4) is 0 Å². The van der Waals surface area contributed by atoms with E-state index in [0.29, 0.717) is 43.2 Å². The molecule has 1 aliphatic rings. The number of aryl methyl sites for hydroxylation is 1. The molecule has 3 rings (SSSR count). The highest BCUT2D eigenvalue weighted by Gasteiger charge is 2.27. The van der Waals surface area contributed by atoms with Gasteiger partial charge in [-0.2, -0.15) is 5.10 Å². The number of nitrogens with one attached hydrogen (secondary N) is 2. The number of aliphatic hydroxyl groups is 1. The third-order valence-corrected chi connectivity index (χ3v) is 4.16. The zero-order valence-electron chi connectivity index (χ0n) is 13.8. The van der Waals surface area contributed by atoms with Gasteiger partial charge in [0, 0.05) is 30.9 Å². The lowest BCUT2D eigenvalue weighted by molar-refractivity contribution is -0.120. The Morgan fingerprint density at radius 3 is 3.00 bits per heavy atom. The highest BCUT2D eigenvalue weighted by atomic mass is 19.1. The molecule has 0 bridgehead atoms. The number of aliphatic hydroxyl groups excluding tert-OH is 1. The largest absolute Gasteiger partial charge is 0.373 e. The summed E-state index contributed by atoms with van der Waals surface area (Å²) in [6.45, 7) is 2.89. The van der Waals surface area contributed by atoms with Gasteiger partial charge in [0.05, 0.1) is 5.52 Å². The van der Waals surface area contributed by atoms with E-state index in [2.05, 4.69) is 15.7 Å². The normalized spacial score (nSPS) is 15.6. The Labute approximate surface area is 140 Å². The SMILES string of the molecule is CCC(=O)NCCCn1nc(C(O)NC2CC2)c2ccc(F)cc21. The Balaban J connectivity index is 1.75. The van der Waals surface area contributed by atoms with Crippen molar-refractivity contribution in [1.82, 2.24) is 20.4 Å². The summed E-state index contributed by atoms with van der Waals surface area (Å²) in [5.41, 5.74) is 1.18. The molecule has 1 saturated carbocycles. The maximum Gasteiger partial charge on any atom is 0.219 e. The summed E-state index contributed by atoms with van der Waals surface area (Å²) in [5.74, 6) is -0.324. The number of carbonyl (C=O) groups is 1. The smallest absolute Gasteiger partial charge is 0.219 e. The van der Waals surface area contributed by atoms with Crippen LogP contribution in [0.1, 0.15) is 44.5 Å². The van der Waals surface area contributed by atoms with Crippen molar-refractivity contribution in [3.63, 3.8) is 0 Å². The molecular weight excluding hydrogens is 311 g/mol. The Morgan fingerprint density at radius 2 is 2.29 bits per heavy atom. The van der Waals surface area contributed by atoms with E-state index in [-0.39, 0.29) is 11.7 Å². The minimum absolute atomic E-state index is 0.0103. The molecule has 130 valence electrons. The minimum Gasteiger partial charge on any atom is -0.373 e. The zero-order valence-corrected chi connectivity index (χ0v) is 13.8. The topological polar surface area (TPSA) is 79.2 Å². The lowest BCUT2D eigenvalue weighted by Crippen LogP contribution is -2.24. The van der Waals surface area contributed by atoms with E-state index < -0.39 is 6.23 Å². The summed E-state index contributed by atoms with van der Waals surface area (Å²) in [7, 11) is 0. The molecule has 2 aromatic rings. The number of hydrogen-bond acceptors (Lipinski definition) is 4. The van der Waals surface area contributed by atoms with Crippen LogP contribution < -0.4 is 10.6 Å². The predicted molar refractivity (Wildman–Crippen MR) is 88.7 cm³/mol. The first-order valence-electron chi connectivity index (χ1n) is 8.45. The summed E-state index contributed by atoms with van der Waals surface area (Å²) in [5, 5.41) is 21.5. The average molecular weight is 334 g/mol. The number of halogens is 1. The predicted octanol–water partition coefficient (Wildman–Crippen LogP) is 1.83. The maximum absolute atomic E-state index is 13.6. The van der Waals surface area contributed by atoms with Crippen molar-refractivity contribution in [1.29, 1.82) is 0 Å². The van der Waals surface area contributed by atoms with E-state index in [1.54, 1.807) is 17.7 Å². The molecule has 0 radical (unpaired) electrons. The van der Waals surface area contributed by atoms with Gasteiger partial charge in [-0.1, -0.05) is 6.92 Å². The van der Waals surface area contributed by atoms with Gasteiger partial charge < -0.3 is 10.4 Å². The molecule has 1 fully saturated rings. The van der Waals surface area contributed by atoms with Crippen LogP contribution in [0.15, 0.2) is 18.2 Å². The standard InChI is InChI=1S/C17H23FN4O2/c1-2-15(23)19-8-3-9-22-14-10-11(18)4-7-13(14)16(21-22)17(24)20-12-5-6-12/h4,7,10,12,17,20,24H,2-3,5-6,8-9H2,1H3,(H,19,23). The number of aromatic nitrogens is 2. The van der Waals surface area contributed by atoms with E-state index in [9.17, 15) is 14.3 Å². The summed E-state index contributed by atoms with van der Waals surface area (Å²) >= 11 is 0. The highest BCUT2D eigenvalue weighted by Crippen LogP contribution is 2.27. The van der Waals surface area contributed by atoms with E-state index in [1.165, 1.54) is 12.1 Å². The van der Waals surface area contributed by atoms with Gasteiger partial charge in [0.2, 0.25) is 5.91 Å². The van der Waals surface area contributed by atoms with Gasteiger partial charge in [-0.05, 0) is 37.5 Å². The number of amides is 1. The van der Waals surface area contributed by atoms with Crippen LogP contribution in [0.25, 0.3) is 10.9 Å². The van der Waals surface area contributed by atoms with E-state index in [0.717, 1.165) is 18.2 Å². The van der Waals surface area contributed by atoms with Gasteiger partial charge >= 0.3 is 0 Å². The van der Waals surface area contributed by atoms with Gasteiger partial charge in [-0.25, -0.2) is 4.39 Å². The van der Waals surface area contributed by atoms with Crippen LogP contribution in [-0.2, 0) is 11.3 Å². The van der Waals surface area contributed by atoms with Crippen LogP contribution in [0.5, 0.6) is 0 Å². The summed E-state index contributed by atoms with van der Waals surface area (Å²) < 4.78 is 15.3. The van der Waals surface area contributed by atoms with Gasteiger partial charge in [0.15, 0.2) is 6.23 Å². The quantitative estimate of drug-likeness (QED) is 0.508. The molecule has 1 aromatic carbocycles. The number of fused-ring (bicyclic) bond motifs is 1. The fraction of sp³-hybridized carbons (Fsp3) is 0.529. The summed E-state index contributed by atoms with van der Waals surface area (Å²) in [4.78, 5) is 11.3. The van der Waals surface area contributed by atoms with Gasteiger partial charge in [0.1, 0.15) is 11.5 Å². The molecule has 0 saturated heterocycles. The van der Waals surface area contributed by atoms with Crippen molar-refractivity contribution in [2.45, 2.75) is 51.4 Å². The molecule has 6 nitrogen and oxygen atoms in total. The third-order valence-electron chi connectivity index (χ3n) is 4.16. The van der Waals surface area contributed by atoms with Crippen molar-refractivity contribution >= 4 is 16.8 Å². The average Bonchev–Trinajstić information content (AvgIpc) is 3.31.